The van der Waals surface area contributed by atoms with E-state index in [4.69, 9.17) is 4.43 Å². The summed E-state index contributed by atoms with van der Waals surface area (Å²) in [5.74, 6) is 0.416. The maximum Gasteiger partial charge on any atom is 0.534 e. The fourth-order valence-corrected chi connectivity index (χ4v) is 9.81. The number of hydrogen-bond donors (Lipinski definition) is 0. The summed E-state index contributed by atoms with van der Waals surface area (Å²) in [6, 6.07) is 25.7. The van der Waals surface area contributed by atoms with Crippen molar-refractivity contribution in [3.05, 3.63) is 102 Å². The van der Waals surface area contributed by atoms with Crippen molar-refractivity contribution >= 4 is 28.8 Å². The van der Waals surface area contributed by atoms with Crippen LogP contribution in [0.1, 0.15) is 38.3 Å². The van der Waals surface area contributed by atoms with Crippen molar-refractivity contribution in [2.75, 3.05) is 0 Å². The Morgan fingerprint density at radius 1 is 0.811 bits per heavy atom. The van der Waals surface area contributed by atoms with Gasteiger partial charge in [0.1, 0.15) is 11.5 Å². The number of rotatable bonds is 6. The van der Waals surface area contributed by atoms with E-state index in [1.54, 1.807) is 12.1 Å². The Labute approximate surface area is 217 Å². The lowest BCUT2D eigenvalue weighted by atomic mass is 10.0. The lowest BCUT2D eigenvalue weighted by molar-refractivity contribution is -0.0523. The first kappa shape index (κ1) is 27.0. The third-order valence-electron chi connectivity index (χ3n) is 6.54. The summed E-state index contributed by atoms with van der Waals surface area (Å²) < 4.78 is 73.6. The minimum atomic E-state index is -5.74. The number of alkyl halides is 3. The van der Waals surface area contributed by atoms with Crippen LogP contribution in [0.3, 0.4) is 0 Å². The van der Waals surface area contributed by atoms with Crippen molar-refractivity contribution in [1.29, 1.82) is 0 Å². The topological polar surface area (TPSA) is 52.6 Å². The second-order valence-electron chi connectivity index (χ2n) is 10.0. The van der Waals surface area contributed by atoms with Gasteiger partial charge in [-0.05, 0) is 51.5 Å². The molecule has 0 fully saturated rings. The molecule has 9 heteroatoms. The summed E-state index contributed by atoms with van der Waals surface area (Å²) in [6.07, 6.45) is 2.12. The lowest BCUT2D eigenvalue weighted by Crippen LogP contribution is -2.68. The molecule has 0 bridgehead atoms. The molecule has 0 radical (unpaired) electrons. The van der Waals surface area contributed by atoms with Gasteiger partial charge in [0.15, 0.2) is 0 Å². The van der Waals surface area contributed by atoms with E-state index in [1.165, 1.54) is 6.08 Å². The summed E-state index contributed by atoms with van der Waals surface area (Å²) in [7, 11) is -8.68. The number of fused-ring (bicyclic) bond motifs is 1. The van der Waals surface area contributed by atoms with Crippen molar-refractivity contribution in [2.45, 2.75) is 50.6 Å². The molecule has 0 unspecified atom stereocenters. The summed E-state index contributed by atoms with van der Waals surface area (Å²) in [5.41, 5.74) is -3.97. The predicted molar refractivity (Wildman–Crippen MR) is 141 cm³/mol. The third kappa shape index (κ3) is 5.33. The van der Waals surface area contributed by atoms with Crippen LogP contribution >= 0.6 is 0 Å². The van der Waals surface area contributed by atoms with Gasteiger partial charge < -0.3 is 8.61 Å². The molecule has 0 spiro atoms. The highest BCUT2D eigenvalue weighted by molar-refractivity contribution is 7.87. The molecule has 0 heterocycles. The SMILES string of the molecule is CC(C)(C)[Si](Oc1cccc2c1CCC=C(OS(=O)(=O)C(F)(F)F)C2)(c1ccccc1)c1ccccc1. The first-order valence-electron chi connectivity index (χ1n) is 12.0. The average molecular weight is 547 g/mol. The molecule has 37 heavy (non-hydrogen) atoms. The molecule has 0 N–H and O–H groups in total. The van der Waals surface area contributed by atoms with E-state index in [1.807, 2.05) is 42.5 Å². The van der Waals surface area contributed by atoms with Crippen LogP contribution in [0, 0.1) is 0 Å². The lowest BCUT2D eigenvalue weighted by Gasteiger charge is -2.43. The summed E-state index contributed by atoms with van der Waals surface area (Å²) >= 11 is 0. The highest BCUT2D eigenvalue weighted by atomic mass is 32.2. The van der Waals surface area contributed by atoms with Crippen LogP contribution in [-0.2, 0) is 27.1 Å². The van der Waals surface area contributed by atoms with Gasteiger partial charge in [-0.2, -0.15) is 21.6 Å². The average Bonchev–Trinajstić information content (AvgIpc) is 3.04. The highest BCUT2D eigenvalue weighted by Gasteiger charge is 2.52. The standard InChI is InChI=1S/C28H29F3O4SSi/c1-27(2,3)37(23-14-6-4-7-15-23,24-16-8-5-9-17-24)35-26-19-10-12-21-20-22(13-11-18-25(21)26)34-36(32,33)28(29,30)31/h4-10,12-17,19H,11,18,20H2,1-3H3. The molecule has 0 saturated heterocycles. The number of benzene rings is 3. The Morgan fingerprint density at radius 2 is 1.38 bits per heavy atom. The van der Waals surface area contributed by atoms with Crippen LogP contribution < -0.4 is 14.8 Å². The maximum atomic E-state index is 12.9. The smallest absolute Gasteiger partial charge is 0.534 e. The van der Waals surface area contributed by atoms with Crippen LogP contribution in [0.25, 0.3) is 0 Å². The van der Waals surface area contributed by atoms with Crippen LogP contribution in [-0.4, -0.2) is 22.2 Å². The summed E-state index contributed by atoms with van der Waals surface area (Å²) in [4.78, 5) is 0. The van der Waals surface area contributed by atoms with Gasteiger partial charge in [0.05, 0.1) is 0 Å². The molecule has 0 atom stereocenters. The van der Waals surface area contributed by atoms with Crippen molar-refractivity contribution in [3.63, 3.8) is 0 Å². The van der Waals surface area contributed by atoms with E-state index >= 15 is 0 Å². The van der Waals surface area contributed by atoms with Gasteiger partial charge in [0.25, 0.3) is 0 Å². The predicted octanol–water partition coefficient (Wildman–Crippen LogP) is 5.86. The van der Waals surface area contributed by atoms with E-state index in [-0.39, 0.29) is 17.2 Å². The molecule has 3 aromatic carbocycles. The van der Waals surface area contributed by atoms with Crippen molar-refractivity contribution < 1.29 is 30.2 Å². The fraction of sp³-hybridized carbons (Fsp3) is 0.286. The van der Waals surface area contributed by atoms with Crippen LogP contribution in [0.2, 0.25) is 5.04 Å². The van der Waals surface area contributed by atoms with E-state index < -0.39 is 23.9 Å². The zero-order chi connectivity index (χ0) is 26.9. The van der Waals surface area contributed by atoms with Crippen LogP contribution in [0.5, 0.6) is 5.75 Å². The molecular formula is C28H29F3O4SSi. The van der Waals surface area contributed by atoms with E-state index in [9.17, 15) is 21.6 Å². The normalized spacial score (nSPS) is 14.8. The molecule has 4 rings (SSSR count). The fourth-order valence-electron chi connectivity index (χ4n) is 4.86. The Bertz CT molecular complexity index is 1340. The van der Waals surface area contributed by atoms with Gasteiger partial charge in [-0.1, -0.05) is 93.6 Å². The molecule has 1 aliphatic rings. The van der Waals surface area contributed by atoms with Gasteiger partial charge in [0, 0.05) is 6.42 Å². The van der Waals surface area contributed by atoms with Crippen molar-refractivity contribution in [3.8, 4) is 5.75 Å². The van der Waals surface area contributed by atoms with Gasteiger partial charge in [-0.3, -0.25) is 0 Å². The van der Waals surface area contributed by atoms with Crippen molar-refractivity contribution in [1.82, 2.24) is 0 Å². The van der Waals surface area contributed by atoms with Gasteiger partial charge in [0.2, 0.25) is 0 Å². The molecular weight excluding hydrogens is 517 g/mol. The van der Waals surface area contributed by atoms with Gasteiger partial charge in [-0.25, -0.2) is 0 Å². The summed E-state index contributed by atoms with van der Waals surface area (Å²) in [6.45, 7) is 6.49. The van der Waals surface area contributed by atoms with E-state index in [0.717, 1.165) is 15.9 Å². The molecule has 0 aromatic heterocycles. The molecule has 3 aromatic rings. The summed E-state index contributed by atoms with van der Waals surface area (Å²) in [5, 5.41) is 1.91. The van der Waals surface area contributed by atoms with E-state index in [0.29, 0.717) is 24.2 Å². The Balaban J connectivity index is 1.79. The Hall–Kier alpha value is -3.04. The molecule has 196 valence electrons. The zero-order valence-corrected chi connectivity index (χ0v) is 22.7. The third-order valence-corrected chi connectivity index (χ3v) is 12.5. The van der Waals surface area contributed by atoms with Crippen LogP contribution in [0.4, 0.5) is 13.2 Å². The number of allylic oxidation sites excluding steroid dienone is 2. The maximum absolute atomic E-state index is 12.9. The number of hydrogen-bond acceptors (Lipinski definition) is 4. The van der Waals surface area contributed by atoms with Crippen LogP contribution in [0.15, 0.2) is 90.7 Å². The first-order chi connectivity index (χ1) is 17.4. The largest absolute Gasteiger partial charge is 0.534 e. The molecule has 0 aliphatic heterocycles. The zero-order valence-electron chi connectivity index (χ0n) is 20.9. The number of halogens is 3. The highest BCUT2D eigenvalue weighted by Crippen LogP contribution is 2.40. The molecule has 0 amide bonds. The van der Waals surface area contributed by atoms with Gasteiger partial charge >= 0.3 is 23.9 Å². The first-order valence-corrected chi connectivity index (χ1v) is 15.3. The molecule has 1 aliphatic carbocycles. The molecule has 0 saturated carbocycles. The minimum absolute atomic E-state index is 0.0808. The quantitative estimate of drug-likeness (QED) is 0.221. The second-order valence-corrected chi connectivity index (χ2v) is 15.8. The van der Waals surface area contributed by atoms with Crippen molar-refractivity contribution in [2.24, 2.45) is 0 Å². The Kier molecular flexibility index (Phi) is 7.31. The van der Waals surface area contributed by atoms with E-state index in [2.05, 4.69) is 49.2 Å². The monoisotopic (exact) mass is 546 g/mol. The Morgan fingerprint density at radius 3 is 1.89 bits per heavy atom. The second kappa shape index (κ2) is 10.0. The van der Waals surface area contributed by atoms with Gasteiger partial charge in [-0.15, -0.1) is 0 Å². The molecule has 4 nitrogen and oxygen atoms in total. The minimum Gasteiger partial charge on any atom is -0.534 e.